The Balaban J connectivity index is 1.44. The molecule has 0 saturated carbocycles. The van der Waals surface area contributed by atoms with Gasteiger partial charge in [-0.05, 0) is 49.7 Å². The van der Waals surface area contributed by atoms with Crippen LogP contribution in [0.3, 0.4) is 0 Å². The van der Waals surface area contributed by atoms with Gasteiger partial charge in [0.2, 0.25) is 5.91 Å². The lowest BCUT2D eigenvalue weighted by Crippen LogP contribution is -2.42. The number of hydrogen-bond acceptors (Lipinski definition) is 6. The third-order valence-electron chi connectivity index (χ3n) is 3.97. The van der Waals surface area contributed by atoms with Crippen LogP contribution in [0.1, 0.15) is 27.3 Å². The number of hydrazine groups is 1. The minimum atomic E-state index is -0.357. The fourth-order valence-corrected chi connectivity index (χ4v) is 4.18. The van der Waals surface area contributed by atoms with Crippen LogP contribution in [0.4, 0.5) is 0 Å². The maximum absolute atomic E-state index is 12.2. The summed E-state index contributed by atoms with van der Waals surface area (Å²) < 4.78 is 0. The normalized spacial score (nSPS) is 10.5. The first-order chi connectivity index (χ1) is 14.5. The topological polar surface area (TPSA) is 84.0 Å². The molecule has 1 heterocycles. The Morgan fingerprint density at radius 2 is 1.53 bits per heavy atom. The Bertz CT molecular complexity index is 991. The maximum Gasteiger partial charge on any atom is 0.269 e. The summed E-state index contributed by atoms with van der Waals surface area (Å²) in [7, 11) is 0. The second-order valence-electron chi connectivity index (χ2n) is 6.52. The number of carbonyl (C=O) groups is 2. The van der Waals surface area contributed by atoms with E-state index in [0.717, 1.165) is 27.0 Å². The van der Waals surface area contributed by atoms with Crippen LogP contribution in [0.2, 0.25) is 0 Å². The minimum Gasteiger partial charge on any atom is -0.272 e. The van der Waals surface area contributed by atoms with Crippen LogP contribution in [0.15, 0.2) is 70.7 Å². The van der Waals surface area contributed by atoms with E-state index in [2.05, 4.69) is 20.8 Å². The summed E-state index contributed by atoms with van der Waals surface area (Å²) in [6.07, 6.45) is 0. The van der Waals surface area contributed by atoms with Gasteiger partial charge in [-0.3, -0.25) is 20.4 Å². The molecule has 6 nitrogen and oxygen atoms in total. The van der Waals surface area contributed by atoms with Crippen LogP contribution in [-0.2, 0) is 10.5 Å². The van der Waals surface area contributed by atoms with Crippen molar-refractivity contribution in [2.24, 2.45) is 0 Å². The van der Waals surface area contributed by atoms with E-state index in [4.69, 9.17) is 0 Å². The lowest BCUT2D eigenvalue weighted by molar-refractivity contribution is -0.119. The van der Waals surface area contributed by atoms with Gasteiger partial charge in [-0.2, -0.15) is 0 Å². The van der Waals surface area contributed by atoms with Gasteiger partial charge in [-0.1, -0.05) is 42.1 Å². The fraction of sp³-hybridized carbons (Fsp3) is 0.182. The van der Waals surface area contributed by atoms with Crippen LogP contribution >= 0.6 is 23.5 Å². The average Bonchev–Trinajstić information content (AvgIpc) is 2.75. The van der Waals surface area contributed by atoms with Crippen molar-refractivity contribution < 1.29 is 9.59 Å². The zero-order valence-corrected chi connectivity index (χ0v) is 18.3. The molecule has 0 atom stereocenters. The third kappa shape index (κ3) is 6.89. The lowest BCUT2D eigenvalue weighted by atomic mass is 10.1. The molecule has 30 heavy (non-hydrogen) atoms. The second kappa shape index (κ2) is 10.8. The maximum atomic E-state index is 12.2. The number of hydrogen-bond donors (Lipinski definition) is 2. The Labute approximate surface area is 184 Å². The molecule has 0 aliphatic carbocycles. The van der Waals surface area contributed by atoms with Gasteiger partial charge in [0.15, 0.2) is 5.16 Å². The molecule has 3 rings (SSSR count). The van der Waals surface area contributed by atoms with E-state index in [1.807, 2.05) is 62.4 Å². The van der Waals surface area contributed by atoms with Crippen molar-refractivity contribution in [3.8, 4) is 0 Å². The summed E-state index contributed by atoms with van der Waals surface area (Å²) in [5.41, 5.74) is 8.31. The number of amides is 2. The van der Waals surface area contributed by atoms with E-state index in [0.29, 0.717) is 11.3 Å². The van der Waals surface area contributed by atoms with Crippen LogP contribution in [0.25, 0.3) is 0 Å². The Hall–Kier alpha value is -2.84. The third-order valence-corrected chi connectivity index (χ3v) is 5.90. The van der Waals surface area contributed by atoms with Crippen LogP contribution in [-0.4, -0.2) is 27.5 Å². The largest absolute Gasteiger partial charge is 0.272 e. The fourth-order valence-electron chi connectivity index (χ4n) is 2.56. The Morgan fingerprint density at radius 1 is 0.867 bits per heavy atom. The zero-order chi connectivity index (χ0) is 21.3. The predicted octanol–water partition coefficient (Wildman–Crippen LogP) is 3.94. The van der Waals surface area contributed by atoms with Crippen molar-refractivity contribution in [3.63, 3.8) is 0 Å². The number of aromatic nitrogens is 2. The van der Waals surface area contributed by atoms with E-state index in [1.165, 1.54) is 11.8 Å². The monoisotopic (exact) mass is 438 g/mol. The molecule has 2 N–H and O–H groups in total. The van der Waals surface area contributed by atoms with Crippen molar-refractivity contribution in [1.29, 1.82) is 0 Å². The molecule has 0 bridgehead atoms. The smallest absolute Gasteiger partial charge is 0.269 e. The van der Waals surface area contributed by atoms with E-state index < -0.39 is 0 Å². The van der Waals surface area contributed by atoms with Gasteiger partial charge >= 0.3 is 0 Å². The highest BCUT2D eigenvalue weighted by Crippen LogP contribution is 2.20. The van der Waals surface area contributed by atoms with Gasteiger partial charge in [0.05, 0.1) is 5.75 Å². The van der Waals surface area contributed by atoms with Crippen molar-refractivity contribution in [3.05, 3.63) is 83.2 Å². The molecular weight excluding hydrogens is 416 g/mol. The average molecular weight is 439 g/mol. The number of aryl methyl sites for hydroxylation is 2. The van der Waals surface area contributed by atoms with Crippen LogP contribution in [0.5, 0.6) is 0 Å². The molecule has 0 spiro atoms. The van der Waals surface area contributed by atoms with E-state index >= 15 is 0 Å². The van der Waals surface area contributed by atoms with Gasteiger partial charge in [-0.25, -0.2) is 9.97 Å². The molecular formula is C22H22N4O2S2. The molecule has 0 saturated heterocycles. The molecule has 8 heteroatoms. The standard InChI is InChI=1S/C22H22N4O2S2/c1-15-12-16(2)24-22(23-15)30-13-17-8-10-18(11-9-17)21(28)26-25-20(27)14-29-19-6-4-3-5-7-19/h3-12H,13-14H2,1-2H3,(H,25,27)(H,26,28). The van der Waals surface area contributed by atoms with Gasteiger partial charge in [-0.15, -0.1) is 11.8 Å². The summed E-state index contributed by atoms with van der Waals surface area (Å²) in [5, 5.41) is 0.741. The Morgan fingerprint density at radius 3 is 2.20 bits per heavy atom. The lowest BCUT2D eigenvalue weighted by Gasteiger charge is -2.08. The number of benzene rings is 2. The highest BCUT2D eigenvalue weighted by Gasteiger charge is 2.08. The van der Waals surface area contributed by atoms with Crippen molar-refractivity contribution >= 4 is 35.3 Å². The highest BCUT2D eigenvalue weighted by atomic mass is 32.2. The molecule has 1 aromatic heterocycles. The number of rotatable bonds is 7. The molecule has 0 aliphatic rings. The minimum absolute atomic E-state index is 0.223. The molecule has 0 aliphatic heterocycles. The molecule has 0 fully saturated rings. The van der Waals surface area contributed by atoms with Gasteiger partial charge < -0.3 is 0 Å². The van der Waals surface area contributed by atoms with Crippen molar-refractivity contribution in [1.82, 2.24) is 20.8 Å². The predicted molar refractivity (Wildman–Crippen MR) is 120 cm³/mol. The van der Waals surface area contributed by atoms with Gasteiger partial charge in [0.1, 0.15) is 0 Å². The SMILES string of the molecule is Cc1cc(C)nc(SCc2ccc(C(=O)NNC(=O)CSc3ccccc3)cc2)n1. The molecule has 0 unspecified atom stereocenters. The highest BCUT2D eigenvalue weighted by molar-refractivity contribution is 8.00. The first-order valence-electron chi connectivity index (χ1n) is 9.30. The quantitative estimate of drug-likeness (QED) is 0.330. The first kappa shape index (κ1) is 21.9. The summed E-state index contributed by atoms with van der Waals surface area (Å²) in [6, 6.07) is 18.8. The molecule has 0 radical (unpaired) electrons. The molecule has 154 valence electrons. The van der Waals surface area contributed by atoms with Gasteiger partial charge in [0, 0.05) is 27.6 Å². The summed E-state index contributed by atoms with van der Waals surface area (Å²) >= 11 is 2.96. The first-order valence-corrected chi connectivity index (χ1v) is 11.3. The van der Waals surface area contributed by atoms with Gasteiger partial charge in [0.25, 0.3) is 5.91 Å². The molecule has 2 amide bonds. The number of nitrogens with one attached hydrogen (secondary N) is 2. The molecule has 3 aromatic rings. The Kier molecular flexibility index (Phi) is 7.87. The number of nitrogens with zero attached hydrogens (tertiary/aromatic N) is 2. The van der Waals surface area contributed by atoms with Crippen LogP contribution in [0, 0.1) is 13.8 Å². The number of thioether (sulfide) groups is 2. The molecule has 2 aromatic carbocycles. The second-order valence-corrected chi connectivity index (χ2v) is 8.51. The van der Waals surface area contributed by atoms with Crippen LogP contribution < -0.4 is 10.9 Å². The van der Waals surface area contributed by atoms with E-state index in [-0.39, 0.29) is 17.6 Å². The van der Waals surface area contributed by atoms with E-state index in [1.54, 1.807) is 23.9 Å². The summed E-state index contributed by atoms with van der Waals surface area (Å²) in [6.45, 7) is 3.90. The van der Waals surface area contributed by atoms with Crippen molar-refractivity contribution in [2.75, 3.05) is 5.75 Å². The van der Waals surface area contributed by atoms with E-state index in [9.17, 15) is 9.59 Å². The number of carbonyl (C=O) groups excluding carboxylic acids is 2. The zero-order valence-electron chi connectivity index (χ0n) is 16.7. The summed E-state index contributed by atoms with van der Waals surface area (Å²) in [4.78, 5) is 34.0. The summed E-state index contributed by atoms with van der Waals surface area (Å²) in [5.74, 6) is 0.308. The van der Waals surface area contributed by atoms with Crippen molar-refractivity contribution in [2.45, 2.75) is 29.7 Å².